The Morgan fingerprint density at radius 2 is 1.77 bits per heavy atom. The summed E-state index contributed by atoms with van der Waals surface area (Å²) in [5, 5.41) is 0. The van der Waals surface area contributed by atoms with Gasteiger partial charge in [0.25, 0.3) is 0 Å². The zero-order chi connectivity index (χ0) is 18.3. The summed E-state index contributed by atoms with van der Waals surface area (Å²) in [6, 6.07) is 11.3. The highest BCUT2D eigenvalue weighted by Gasteiger charge is 2.41. The van der Waals surface area contributed by atoms with Gasteiger partial charge in [-0.15, -0.1) is 0 Å². The summed E-state index contributed by atoms with van der Waals surface area (Å²) < 4.78 is 27.1. The monoisotopic (exact) mass is 354 g/mol. The number of rotatable bonds is 4. The molecular weight excluding hydrogens is 336 g/mol. The lowest BCUT2D eigenvalue weighted by molar-refractivity contribution is -0.137. The van der Waals surface area contributed by atoms with Crippen molar-refractivity contribution in [1.29, 1.82) is 0 Å². The molecule has 4 rings (SSSR count). The van der Waals surface area contributed by atoms with Crippen molar-refractivity contribution < 1.29 is 28.5 Å². The van der Waals surface area contributed by atoms with Crippen molar-refractivity contribution in [3.05, 3.63) is 59.7 Å². The number of esters is 1. The van der Waals surface area contributed by atoms with Crippen LogP contribution in [-0.2, 0) is 9.53 Å². The number of carbonyl (C=O) groups is 1. The van der Waals surface area contributed by atoms with Gasteiger partial charge in [0.2, 0.25) is 6.79 Å². The molecule has 2 atom stereocenters. The molecule has 2 aliphatic rings. The molecule has 2 aromatic rings. The van der Waals surface area contributed by atoms with E-state index in [1.807, 2.05) is 30.3 Å². The van der Waals surface area contributed by atoms with Gasteiger partial charge in [0.1, 0.15) is 17.6 Å². The minimum absolute atomic E-state index is 0.184. The summed E-state index contributed by atoms with van der Waals surface area (Å²) >= 11 is 0. The summed E-state index contributed by atoms with van der Waals surface area (Å²) in [7, 11) is 2.94. The molecule has 0 saturated carbocycles. The van der Waals surface area contributed by atoms with Crippen LogP contribution in [0, 0.1) is 0 Å². The molecule has 26 heavy (non-hydrogen) atoms. The standard InChI is InChI=1S/C20H18O6/c1-11(20(21)23-3)19-18(12-4-6-13(22-2)7-5-12)14-8-16-17(25-10-24-16)9-15(14)26-19/h4-9,18-19H,1,10H2,2-3H3/t18-,19+/m0/s1. The van der Waals surface area contributed by atoms with Crippen LogP contribution in [0.4, 0.5) is 0 Å². The molecule has 2 aliphatic heterocycles. The summed E-state index contributed by atoms with van der Waals surface area (Å²) in [4.78, 5) is 12.1. The molecule has 0 bridgehead atoms. The summed E-state index contributed by atoms with van der Waals surface area (Å²) in [5.41, 5.74) is 2.14. The van der Waals surface area contributed by atoms with E-state index in [0.717, 1.165) is 16.9 Å². The second-order valence-corrected chi connectivity index (χ2v) is 6.05. The Kier molecular flexibility index (Phi) is 3.95. The lowest BCUT2D eigenvalue weighted by Gasteiger charge is -2.20. The summed E-state index contributed by atoms with van der Waals surface area (Å²) in [6.07, 6.45) is -0.576. The lowest BCUT2D eigenvalue weighted by atomic mass is 9.85. The highest BCUT2D eigenvalue weighted by Crippen LogP contribution is 2.50. The second kappa shape index (κ2) is 6.29. The molecule has 0 saturated heterocycles. The molecule has 0 aliphatic carbocycles. The smallest absolute Gasteiger partial charge is 0.336 e. The van der Waals surface area contributed by atoms with E-state index in [4.69, 9.17) is 23.7 Å². The number of hydrogen-bond acceptors (Lipinski definition) is 6. The molecule has 134 valence electrons. The SMILES string of the molecule is C=C(C(=O)OC)[C@H]1Oc2cc3c(cc2[C@@H]1c1ccc(OC)cc1)OCO3. The van der Waals surface area contributed by atoms with Crippen molar-refractivity contribution in [1.82, 2.24) is 0 Å². The van der Waals surface area contributed by atoms with E-state index in [2.05, 4.69) is 6.58 Å². The van der Waals surface area contributed by atoms with Crippen molar-refractivity contribution in [3.8, 4) is 23.0 Å². The van der Waals surface area contributed by atoms with Crippen LogP contribution in [-0.4, -0.2) is 33.1 Å². The van der Waals surface area contributed by atoms with Crippen LogP contribution in [0.2, 0.25) is 0 Å². The summed E-state index contributed by atoms with van der Waals surface area (Å²) in [5.74, 6) is 1.96. The molecular formula is C20H18O6. The molecule has 2 aromatic carbocycles. The number of methoxy groups -OCH3 is 2. The third-order valence-corrected chi connectivity index (χ3v) is 4.66. The predicted octanol–water partition coefficient (Wildman–Crippen LogP) is 3.05. The first-order valence-electron chi connectivity index (χ1n) is 8.13. The van der Waals surface area contributed by atoms with E-state index in [-0.39, 0.29) is 18.3 Å². The van der Waals surface area contributed by atoms with Crippen LogP contribution in [0.25, 0.3) is 0 Å². The molecule has 2 heterocycles. The van der Waals surface area contributed by atoms with Gasteiger partial charge in [-0.3, -0.25) is 0 Å². The maximum absolute atomic E-state index is 12.1. The van der Waals surface area contributed by atoms with Crippen LogP contribution in [0.15, 0.2) is 48.6 Å². The third-order valence-electron chi connectivity index (χ3n) is 4.66. The topological polar surface area (TPSA) is 63.2 Å². The molecule has 0 radical (unpaired) electrons. The van der Waals surface area contributed by atoms with Gasteiger partial charge in [-0.05, 0) is 23.8 Å². The van der Waals surface area contributed by atoms with E-state index < -0.39 is 12.1 Å². The third kappa shape index (κ3) is 2.54. The van der Waals surface area contributed by atoms with E-state index >= 15 is 0 Å². The summed E-state index contributed by atoms with van der Waals surface area (Å²) in [6.45, 7) is 4.08. The van der Waals surface area contributed by atoms with Gasteiger partial charge in [0.05, 0.1) is 25.7 Å². The average Bonchev–Trinajstić information content (AvgIpc) is 3.28. The van der Waals surface area contributed by atoms with Crippen molar-refractivity contribution in [2.24, 2.45) is 0 Å². The molecule has 6 nitrogen and oxygen atoms in total. The van der Waals surface area contributed by atoms with Gasteiger partial charge in [0.15, 0.2) is 11.5 Å². The van der Waals surface area contributed by atoms with E-state index in [1.165, 1.54) is 7.11 Å². The maximum atomic E-state index is 12.1. The normalized spacial score (nSPS) is 19.5. The highest BCUT2D eigenvalue weighted by molar-refractivity contribution is 5.89. The molecule has 0 aromatic heterocycles. The predicted molar refractivity (Wildman–Crippen MR) is 93.0 cm³/mol. The van der Waals surface area contributed by atoms with Crippen LogP contribution in [0.1, 0.15) is 17.0 Å². The molecule has 0 N–H and O–H groups in total. The zero-order valence-electron chi connectivity index (χ0n) is 14.5. The Labute approximate surface area is 150 Å². The second-order valence-electron chi connectivity index (χ2n) is 6.05. The van der Waals surface area contributed by atoms with Gasteiger partial charge in [0, 0.05) is 11.6 Å². The number of fused-ring (bicyclic) bond motifs is 2. The first-order valence-corrected chi connectivity index (χ1v) is 8.13. The maximum Gasteiger partial charge on any atom is 0.336 e. The van der Waals surface area contributed by atoms with E-state index in [0.29, 0.717) is 17.2 Å². The van der Waals surface area contributed by atoms with Crippen molar-refractivity contribution in [2.75, 3.05) is 21.0 Å². The largest absolute Gasteiger partial charge is 0.497 e. The Hall–Kier alpha value is -3.15. The highest BCUT2D eigenvalue weighted by atomic mass is 16.7. The molecule has 0 spiro atoms. The first-order chi connectivity index (χ1) is 12.6. The Balaban J connectivity index is 1.79. The van der Waals surface area contributed by atoms with Crippen LogP contribution in [0.5, 0.6) is 23.0 Å². The molecule has 6 heteroatoms. The average molecular weight is 354 g/mol. The van der Waals surface area contributed by atoms with Crippen LogP contribution < -0.4 is 18.9 Å². The molecule has 0 amide bonds. The number of benzene rings is 2. The fourth-order valence-corrected chi connectivity index (χ4v) is 3.34. The fourth-order valence-electron chi connectivity index (χ4n) is 3.34. The minimum atomic E-state index is -0.576. The molecule has 0 unspecified atom stereocenters. The number of hydrogen-bond donors (Lipinski definition) is 0. The van der Waals surface area contributed by atoms with Crippen LogP contribution >= 0.6 is 0 Å². The minimum Gasteiger partial charge on any atom is -0.497 e. The van der Waals surface area contributed by atoms with Gasteiger partial charge < -0.3 is 23.7 Å². The Morgan fingerprint density at radius 3 is 2.42 bits per heavy atom. The Morgan fingerprint density at radius 1 is 1.08 bits per heavy atom. The van der Waals surface area contributed by atoms with Gasteiger partial charge in [-0.1, -0.05) is 18.7 Å². The number of carbonyl (C=O) groups excluding carboxylic acids is 1. The van der Waals surface area contributed by atoms with Crippen molar-refractivity contribution in [3.63, 3.8) is 0 Å². The van der Waals surface area contributed by atoms with E-state index in [1.54, 1.807) is 13.2 Å². The van der Waals surface area contributed by atoms with Crippen molar-refractivity contribution >= 4 is 5.97 Å². The van der Waals surface area contributed by atoms with E-state index in [9.17, 15) is 4.79 Å². The Bertz CT molecular complexity index is 871. The van der Waals surface area contributed by atoms with Gasteiger partial charge in [-0.25, -0.2) is 4.79 Å². The quantitative estimate of drug-likeness (QED) is 0.621. The lowest BCUT2D eigenvalue weighted by Crippen LogP contribution is -2.27. The number of ether oxygens (including phenoxy) is 5. The fraction of sp³-hybridized carbons (Fsp3) is 0.250. The first kappa shape index (κ1) is 16.3. The van der Waals surface area contributed by atoms with Crippen LogP contribution in [0.3, 0.4) is 0 Å². The van der Waals surface area contributed by atoms with Gasteiger partial charge in [-0.2, -0.15) is 0 Å². The zero-order valence-corrected chi connectivity index (χ0v) is 14.5. The van der Waals surface area contributed by atoms with Crippen molar-refractivity contribution in [2.45, 2.75) is 12.0 Å². The van der Waals surface area contributed by atoms with Gasteiger partial charge >= 0.3 is 5.97 Å². The molecule has 0 fully saturated rings.